The quantitative estimate of drug-likeness (QED) is 0.499. The molecule has 1 aromatic heterocycles. The van der Waals surface area contributed by atoms with Crippen molar-refractivity contribution in [2.75, 3.05) is 58.8 Å². The molecule has 0 bridgehead atoms. The molecule has 0 radical (unpaired) electrons. The predicted molar refractivity (Wildman–Crippen MR) is 156 cm³/mol. The number of likely N-dealkylation sites (N-methyl/N-ethyl adjacent to an activating group) is 2. The molecule has 6 rings (SSSR count). The molecule has 0 aliphatic carbocycles. The molecule has 3 aliphatic rings. The van der Waals surface area contributed by atoms with Gasteiger partial charge in [-0.25, -0.2) is 13.2 Å². The van der Waals surface area contributed by atoms with E-state index in [1.54, 1.807) is 41.9 Å². The summed E-state index contributed by atoms with van der Waals surface area (Å²) < 4.78 is 32.5. The highest BCUT2D eigenvalue weighted by atomic mass is 32.2. The van der Waals surface area contributed by atoms with E-state index < -0.39 is 16.1 Å². The lowest BCUT2D eigenvalue weighted by Crippen LogP contribution is -2.45. The number of nitrogens with zero attached hydrogens (tertiary/aromatic N) is 4. The molecule has 214 valence electrons. The van der Waals surface area contributed by atoms with Crippen LogP contribution in [0.15, 0.2) is 59.8 Å². The molecular formula is C29H38N6O4S. The first kappa shape index (κ1) is 28.3. The van der Waals surface area contributed by atoms with E-state index >= 15 is 0 Å². The van der Waals surface area contributed by atoms with Crippen LogP contribution in [0.25, 0.3) is 10.8 Å². The van der Waals surface area contributed by atoms with Gasteiger partial charge in [-0.15, -0.1) is 0 Å². The fourth-order valence-corrected chi connectivity index (χ4v) is 7.99. The average Bonchev–Trinajstić information content (AvgIpc) is 3.20. The molecule has 2 fully saturated rings. The van der Waals surface area contributed by atoms with Crippen molar-refractivity contribution in [3.05, 3.63) is 60.4 Å². The normalized spacial score (nSPS) is 23.1. The smallest absolute Gasteiger partial charge is 0.410 e. The van der Waals surface area contributed by atoms with E-state index in [0.717, 1.165) is 36.7 Å². The Bertz CT molecular complexity index is 1490. The van der Waals surface area contributed by atoms with Gasteiger partial charge in [0, 0.05) is 74.5 Å². The van der Waals surface area contributed by atoms with Crippen LogP contribution in [-0.4, -0.2) is 88.7 Å². The third-order valence-electron chi connectivity index (χ3n) is 8.27. The summed E-state index contributed by atoms with van der Waals surface area (Å²) in [5.41, 5.74) is 2.60. The van der Waals surface area contributed by atoms with Crippen LogP contribution in [0.5, 0.6) is 5.75 Å². The molecule has 40 heavy (non-hydrogen) atoms. The summed E-state index contributed by atoms with van der Waals surface area (Å²) >= 11 is 0. The van der Waals surface area contributed by atoms with E-state index in [1.807, 2.05) is 24.3 Å². The number of carbonyl (C=O) groups excluding carboxylic acids is 1. The lowest BCUT2D eigenvalue weighted by Gasteiger charge is -2.32. The third-order valence-corrected chi connectivity index (χ3v) is 10.2. The minimum Gasteiger partial charge on any atom is -0.410 e. The molecule has 2 aromatic carbocycles. The highest BCUT2D eigenvalue weighted by Crippen LogP contribution is 2.51. The molecular weight excluding hydrogens is 528 g/mol. The number of sulfonamides is 1. The summed E-state index contributed by atoms with van der Waals surface area (Å²) in [5, 5.41) is 7.28. The van der Waals surface area contributed by atoms with Gasteiger partial charge >= 0.3 is 6.09 Å². The average molecular weight is 567 g/mol. The highest BCUT2D eigenvalue weighted by Gasteiger charge is 2.52. The molecule has 10 nitrogen and oxygen atoms in total. The van der Waals surface area contributed by atoms with Crippen molar-refractivity contribution in [2.45, 2.75) is 36.2 Å². The Balaban J connectivity index is 0.000000161. The second-order valence-corrected chi connectivity index (χ2v) is 12.7. The van der Waals surface area contributed by atoms with Gasteiger partial charge in [0.15, 0.2) is 0 Å². The van der Waals surface area contributed by atoms with E-state index in [-0.39, 0.29) is 5.41 Å². The van der Waals surface area contributed by atoms with Crippen LogP contribution in [0.3, 0.4) is 0 Å². The van der Waals surface area contributed by atoms with Gasteiger partial charge in [-0.3, -0.25) is 9.88 Å². The number of likely N-dealkylation sites (tertiary alicyclic amines) is 1. The summed E-state index contributed by atoms with van der Waals surface area (Å²) in [4.78, 5) is 20.5. The first-order valence-corrected chi connectivity index (χ1v) is 15.1. The van der Waals surface area contributed by atoms with Crippen LogP contribution in [0.1, 0.15) is 25.3 Å². The molecule has 2 atom stereocenters. The number of aromatic nitrogens is 1. The monoisotopic (exact) mass is 566 g/mol. The van der Waals surface area contributed by atoms with Crippen LogP contribution in [0.4, 0.5) is 10.5 Å². The fraction of sp³-hybridized carbons (Fsp3) is 0.448. The zero-order valence-corrected chi connectivity index (χ0v) is 24.4. The van der Waals surface area contributed by atoms with Gasteiger partial charge < -0.3 is 20.3 Å². The summed E-state index contributed by atoms with van der Waals surface area (Å²) in [6, 6.07) is 13.0. The maximum atomic E-state index is 12.8. The lowest BCUT2D eigenvalue weighted by molar-refractivity contribution is 0.203. The van der Waals surface area contributed by atoms with E-state index in [1.165, 1.54) is 11.3 Å². The summed E-state index contributed by atoms with van der Waals surface area (Å²) in [6.07, 6.45) is 5.23. The first-order chi connectivity index (χ1) is 19.2. The van der Waals surface area contributed by atoms with Crippen molar-refractivity contribution in [2.24, 2.45) is 0 Å². The number of fused-ring (bicyclic) bond motifs is 4. The van der Waals surface area contributed by atoms with Gasteiger partial charge in [-0.2, -0.15) is 4.31 Å². The van der Waals surface area contributed by atoms with Crippen LogP contribution in [-0.2, 0) is 15.4 Å². The Hall–Kier alpha value is -3.25. The molecule has 0 spiro atoms. The molecule has 2 saturated heterocycles. The van der Waals surface area contributed by atoms with Crippen molar-refractivity contribution in [1.29, 1.82) is 0 Å². The molecule has 11 heteroatoms. The van der Waals surface area contributed by atoms with Crippen molar-refractivity contribution < 1.29 is 17.9 Å². The van der Waals surface area contributed by atoms with Crippen molar-refractivity contribution in [1.82, 2.24) is 24.8 Å². The van der Waals surface area contributed by atoms with E-state index in [0.29, 0.717) is 36.4 Å². The topological polar surface area (TPSA) is 107 Å². The number of nitrogens with one attached hydrogen (secondary N) is 2. The molecule has 0 saturated carbocycles. The van der Waals surface area contributed by atoms with Crippen LogP contribution >= 0.6 is 0 Å². The van der Waals surface area contributed by atoms with Gasteiger partial charge in [0.25, 0.3) is 0 Å². The third kappa shape index (κ3) is 5.14. The summed E-state index contributed by atoms with van der Waals surface area (Å²) in [5.74, 6) is 0.605. The van der Waals surface area contributed by atoms with E-state index in [9.17, 15) is 13.2 Å². The minimum absolute atomic E-state index is 0.0981. The van der Waals surface area contributed by atoms with Crippen molar-refractivity contribution in [3.63, 3.8) is 0 Å². The zero-order chi connectivity index (χ0) is 28.5. The number of anilines is 1. The van der Waals surface area contributed by atoms with Gasteiger partial charge in [0.05, 0.1) is 11.1 Å². The Morgan fingerprint density at radius 2 is 1.95 bits per heavy atom. The number of benzene rings is 2. The van der Waals surface area contributed by atoms with Gasteiger partial charge in [0.2, 0.25) is 10.0 Å². The lowest BCUT2D eigenvalue weighted by atomic mass is 9.81. The number of hydrogen-bond acceptors (Lipinski definition) is 8. The summed E-state index contributed by atoms with van der Waals surface area (Å²) in [6.45, 7) is 6.04. The highest BCUT2D eigenvalue weighted by molar-refractivity contribution is 7.89. The number of ether oxygens (including phenoxy) is 1. The SMILES string of the molecule is CNC(=O)Oc1ccc2c(c1)[C@]1(C)CCN(C)[C@@H]1N2C.O=S(=O)(c1cccc2cnccc12)N1CCCNCC1. The predicted octanol–water partition coefficient (Wildman–Crippen LogP) is 2.99. The zero-order valence-electron chi connectivity index (χ0n) is 23.6. The van der Waals surface area contributed by atoms with Crippen molar-refractivity contribution in [3.8, 4) is 5.75 Å². The van der Waals surface area contributed by atoms with Gasteiger partial charge in [0.1, 0.15) is 5.75 Å². The second kappa shape index (κ2) is 11.3. The van der Waals surface area contributed by atoms with Crippen LogP contribution < -0.4 is 20.3 Å². The Kier molecular flexibility index (Phi) is 8.01. The number of pyridine rings is 1. The molecule has 2 N–H and O–H groups in total. The fourth-order valence-electron chi connectivity index (χ4n) is 6.29. The Morgan fingerprint density at radius 3 is 2.75 bits per heavy atom. The van der Waals surface area contributed by atoms with E-state index in [2.05, 4.69) is 46.4 Å². The second-order valence-electron chi connectivity index (χ2n) is 10.8. The maximum Gasteiger partial charge on any atom is 0.412 e. The summed E-state index contributed by atoms with van der Waals surface area (Å²) in [7, 11) is 2.42. The molecule has 1 amide bonds. The first-order valence-electron chi connectivity index (χ1n) is 13.7. The van der Waals surface area contributed by atoms with Gasteiger partial charge in [-0.1, -0.05) is 19.1 Å². The Morgan fingerprint density at radius 1 is 1.12 bits per heavy atom. The van der Waals surface area contributed by atoms with Crippen LogP contribution in [0.2, 0.25) is 0 Å². The molecule has 3 aromatic rings. The maximum absolute atomic E-state index is 12.8. The number of carbonyl (C=O) groups is 1. The minimum atomic E-state index is -3.45. The Labute approximate surface area is 236 Å². The standard InChI is InChI=1S/C15H21N3O2.C14H17N3O2S/c1-15-7-8-17(3)13(15)18(4)12-6-5-10(9-11(12)15)20-14(19)16-2;18-20(19,17-9-2-6-15-8-10-17)14-4-1-3-12-11-16-7-5-13(12)14/h5-6,9,13H,7-8H2,1-4H3,(H,16,19);1,3-5,7,11,15H,2,6,8-10H2/t13-,15+;/m1./s1. The van der Waals surface area contributed by atoms with Crippen LogP contribution in [0, 0.1) is 0 Å². The number of amides is 1. The molecule has 0 unspecified atom stereocenters. The molecule has 4 heterocycles. The van der Waals surface area contributed by atoms with Gasteiger partial charge in [-0.05, 0) is 62.3 Å². The largest absolute Gasteiger partial charge is 0.412 e. The van der Waals surface area contributed by atoms with E-state index in [4.69, 9.17) is 4.74 Å². The number of hydrogen-bond donors (Lipinski definition) is 2. The number of rotatable bonds is 3. The van der Waals surface area contributed by atoms with Crippen molar-refractivity contribution >= 4 is 32.6 Å². The molecule has 3 aliphatic heterocycles.